The summed E-state index contributed by atoms with van der Waals surface area (Å²) in [4.78, 5) is 16.2. The highest BCUT2D eigenvalue weighted by Crippen LogP contribution is 2.33. The van der Waals surface area contributed by atoms with Crippen LogP contribution in [0.15, 0.2) is 29.2 Å². The van der Waals surface area contributed by atoms with Crippen molar-refractivity contribution in [1.29, 1.82) is 0 Å². The number of alkyl halides is 3. The largest absolute Gasteiger partial charge is 0.416 e. The first-order valence-electron chi connectivity index (χ1n) is 9.89. The van der Waals surface area contributed by atoms with Crippen molar-refractivity contribution >= 4 is 15.9 Å². The minimum absolute atomic E-state index is 0.0727. The van der Waals surface area contributed by atoms with E-state index in [4.69, 9.17) is 0 Å². The molecule has 170 valence electrons. The second-order valence-corrected chi connectivity index (χ2v) is 10.1. The Morgan fingerprint density at radius 2 is 1.50 bits per heavy atom. The number of nitrogens with zero attached hydrogens (tertiary/aromatic N) is 3. The summed E-state index contributed by atoms with van der Waals surface area (Å²) >= 11 is 0. The molecule has 0 atom stereocenters. The van der Waals surface area contributed by atoms with E-state index >= 15 is 0 Å². The van der Waals surface area contributed by atoms with E-state index in [1.54, 1.807) is 11.9 Å². The van der Waals surface area contributed by atoms with E-state index in [1.165, 1.54) is 11.4 Å². The van der Waals surface area contributed by atoms with Gasteiger partial charge in [-0.15, -0.1) is 0 Å². The smallest absolute Gasteiger partial charge is 0.344 e. The quantitative estimate of drug-likeness (QED) is 0.642. The fraction of sp³-hybridized carbons (Fsp3) is 0.650. The number of carbonyl (C=O) groups excluding carboxylic acids is 1. The molecule has 6 nitrogen and oxygen atoms in total. The Labute approximate surface area is 176 Å². The Balaban J connectivity index is 1.98. The third-order valence-corrected chi connectivity index (χ3v) is 7.60. The van der Waals surface area contributed by atoms with Crippen molar-refractivity contribution < 1.29 is 26.4 Å². The minimum atomic E-state index is -4.52. The van der Waals surface area contributed by atoms with Gasteiger partial charge in [0.1, 0.15) is 0 Å². The van der Waals surface area contributed by atoms with Crippen LogP contribution in [0.2, 0.25) is 0 Å². The van der Waals surface area contributed by atoms with Crippen LogP contribution in [0.5, 0.6) is 0 Å². The number of hydrogen-bond acceptors (Lipinski definition) is 4. The lowest BCUT2D eigenvalue weighted by Crippen LogP contribution is -2.43. The summed E-state index contributed by atoms with van der Waals surface area (Å²) in [5.41, 5.74) is -0.887. The molecule has 0 aliphatic heterocycles. The summed E-state index contributed by atoms with van der Waals surface area (Å²) in [6, 6.07) is 3.25. The maximum atomic E-state index is 12.8. The second-order valence-electron chi connectivity index (χ2n) is 8.11. The Kier molecular flexibility index (Phi) is 7.92. The molecule has 0 aromatic heterocycles. The summed E-state index contributed by atoms with van der Waals surface area (Å²) in [5, 5.41) is 0. The standard InChI is InChI=1S/C20H30F3N3O3S/c1-24(2)13-14-25(3)19(27)15-5-9-17(10-6-15)26(4)30(28,29)18-11-7-16(8-12-18)20(21,22)23/h7-8,11-12,15,17H,5-6,9-10,13-14H2,1-4H3. The number of likely N-dealkylation sites (N-methyl/N-ethyl adjacent to an activating group) is 2. The van der Waals surface area contributed by atoms with Gasteiger partial charge in [0.2, 0.25) is 15.9 Å². The molecule has 1 amide bonds. The van der Waals surface area contributed by atoms with E-state index < -0.39 is 21.8 Å². The van der Waals surface area contributed by atoms with Crippen LogP contribution in [0.1, 0.15) is 31.2 Å². The van der Waals surface area contributed by atoms with E-state index in [0.29, 0.717) is 32.2 Å². The van der Waals surface area contributed by atoms with Gasteiger partial charge in [-0.25, -0.2) is 8.42 Å². The maximum Gasteiger partial charge on any atom is 0.416 e. The van der Waals surface area contributed by atoms with Crippen molar-refractivity contribution in [3.05, 3.63) is 29.8 Å². The average molecular weight is 450 g/mol. The van der Waals surface area contributed by atoms with E-state index in [0.717, 1.165) is 30.8 Å². The highest BCUT2D eigenvalue weighted by Gasteiger charge is 2.35. The molecule has 1 aliphatic carbocycles. The molecule has 2 rings (SSSR count). The van der Waals surface area contributed by atoms with Crippen LogP contribution in [0.3, 0.4) is 0 Å². The lowest BCUT2D eigenvalue weighted by molar-refractivity contribution is -0.137. The molecule has 30 heavy (non-hydrogen) atoms. The van der Waals surface area contributed by atoms with Crippen LogP contribution in [-0.4, -0.2) is 75.8 Å². The monoisotopic (exact) mass is 449 g/mol. The zero-order valence-corrected chi connectivity index (χ0v) is 18.6. The van der Waals surface area contributed by atoms with Gasteiger partial charge in [0.25, 0.3) is 0 Å². The summed E-state index contributed by atoms with van der Waals surface area (Å²) in [5.74, 6) is -0.0564. The molecule has 1 saturated carbocycles. The van der Waals surface area contributed by atoms with Crippen LogP contribution >= 0.6 is 0 Å². The lowest BCUT2D eigenvalue weighted by atomic mass is 9.85. The molecule has 1 aliphatic rings. The van der Waals surface area contributed by atoms with Crippen molar-refractivity contribution in [3.63, 3.8) is 0 Å². The van der Waals surface area contributed by atoms with Crippen LogP contribution in [0.25, 0.3) is 0 Å². The van der Waals surface area contributed by atoms with Gasteiger partial charge in [-0.05, 0) is 64.0 Å². The summed E-state index contributed by atoms with van der Waals surface area (Å²) in [7, 11) is 3.20. The molecule has 0 heterocycles. The van der Waals surface area contributed by atoms with Crippen molar-refractivity contribution in [2.75, 3.05) is 41.3 Å². The number of carbonyl (C=O) groups is 1. The first-order chi connectivity index (χ1) is 13.8. The summed E-state index contributed by atoms with van der Waals surface area (Å²) in [6.45, 7) is 1.40. The molecule has 0 N–H and O–H groups in total. The van der Waals surface area contributed by atoms with Crippen LogP contribution in [-0.2, 0) is 21.0 Å². The number of benzene rings is 1. The Hall–Kier alpha value is -1.65. The highest BCUT2D eigenvalue weighted by atomic mass is 32.2. The van der Waals surface area contributed by atoms with Gasteiger partial charge in [0.15, 0.2) is 0 Å². The normalized spacial score (nSPS) is 20.6. The Morgan fingerprint density at radius 1 is 0.967 bits per heavy atom. The third kappa shape index (κ3) is 5.95. The fourth-order valence-corrected chi connectivity index (χ4v) is 5.05. The van der Waals surface area contributed by atoms with Crippen molar-refractivity contribution in [2.45, 2.75) is 42.8 Å². The van der Waals surface area contributed by atoms with Crippen molar-refractivity contribution in [2.24, 2.45) is 5.92 Å². The minimum Gasteiger partial charge on any atom is -0.344 e. The summed E-state index contributed by atoms with van der Waals surface area (Å²) < 4.78 is 65.0. The predicted octanol–water partition coefficient (Wildman–Crippen LogP) is 2.90. The first kappa shape index (κ1) is 24.6. The number of halogens is 3. The highest BCUT2D eigenvalue weighted by molar-refractivity contribution is 7.89. The number of sulfonamides is 1. The van der Waals surface area contributed by atoms with E-state index in [2.05, 4.69) is 0 Å². The first-order valence-corrected chi connectivity index (χ1v) is 11.3. The second kappa shape index (κ2) is 9.65. The summed E-state index contributed by atoms with van der Waals surface area (Å²) in [6.07, 6.45) is -2.27. The molecule has 0 unspecified atom stereocenters. The van der Waals surface area contributed by atoms with E-state index in [1.807, 2.05) is 19.0 Å². The van der Waals surface area contributed by atoms with Crippen LogP contribution < -0.4 is 0 Å². The molecular formula is C20H30F3N3O3S. The van der Waals surface area contributed by atoms with Gasteiger partial charge in [0, 0.05) is 39.1 Å². The maximum absolute atomic E-state index is 12.8. The molecule has 1 aromatic rings. The molecule has 10 heteroatoms. The molecule has 0 saturated heterocycles. The lowest BCUT2D eigenvalue weighted by Gasteiger charge is -2.35. The topological polar surface area (TPSA) is 60.9 Å². The predicted molar refractivity (Wildman–Crippen MR) is 108 cm³/mol. The fourth-order valence-electron chi connectivity index (χ4n) is 3.64. The van der Waals surface area contributed by atoms with Gasteiger partial charge >= 0.3 is 6.18 Å². The van der Waals surface area contributed by atoms with E-state index in [9.17, 15) is 26.4 Å². The van der Waals surface area contributed by atoms with Crippen LogP contribution in [0.4, 0.5) is 13.2 Å². The molecule has 1 fully saturated rings. The van der Waals surface area contributed by atoms with Gasteiger partial charge in [-0.3, -0.25) is 4.79 Å². The zero-order valence-electron chi connectivity index (χ0n) is 17.8. The Bertz CT molecular complexity index is 818. The van der Waals surface area contributed by atoms with E-state index in [-0.39, 0.29) is 22.8 Å². The van der Waals surface area contributed by atoms with Crippen LogP contribution in [0, 0.1) is 5.92 Å². The SMILES string of the molecule is CN(C)CCN(C)C(=O)C1CCC(N(C)S(=O)(=O)c2ccc(C(F)(F)F)cc2)CC1. The number of hydrogen-bond donors (Lipinski definition) is 0. The molecule has 1 aromatic carbocycles. The third-order valence-electron chi connectivity index (χ3n) is 5.68. The van der Waals surface area contributed by atoms with Gasteiger partial charge in [-0.2, -0.15) is 17.5 Å². The average Bonchev–Trinajstić information content (AvgIpc) is 2.70. The molecular weight excluding hydrogens is 419 g/mol. The van der Waals surface area contributed by atoms with Crippen molar-refractivity contribution in [3.8, 4) is 0 Å². The molecule has 0 bridgehead atoms. The zero-order chi connectivity index (χ0) is 22.7. The Morgan fingerprint density at radius 3 is 1.97 bits per heavy atom. The number of rotatable bonds is 7. The molecule has 0 spiro atoms. The van der Waals surface area contributed by atoms with Gasteiger partial charge in [0.05, 0.1) is 10.5 Å². The number of amides is 1. The van der Waals surface area contributed by atoms with Gasteiger partial charge in [-0.1, -0.05) is 0 Å². The molecule has 0 radical (unpaired) electrons. The van der Waals surface area contributed by atoms with Crippen molar-refractivity contribution in [1.82, 2.24) is 14.1 Å². The van der Waals surface area contributed by atoms with Gasteiger partial charge < -0.3 is 9.80 Å².